The molecule has 13 heteroatoms. The number of hydrogen-bond donors (Lipinski definition) is 4. The smallest absolute Gasteiger partial charge is 0.296 e. The van der Waals surface area contributed by atoms with E-state index in [2.05, 4.69) is 15.7 Å². The first-order valence-electron chi connectivity index (χ1n) is 9.18. The molecule has 0 aliphatic heterocycles. The Labute approximate surface area is 189 Å². The second-order valence-corrected chi connectivity index (χ2v) is 9.47. The fourth-order valence-corrected chi connectivity index (χ4v) is 4.42. The summed E-state index contributed by atoms with van der Waals surface area (Å²) >= 11 is 0. The van der Waals surface area contributed by atoms with E-state index < -0.39 is 41.5 Å². The van der Waals surface area contributed by atoms with Crippen molar-refractivity contribution < 1.29 is 35.9 Å². The van der Waals surface area contributed by atoms with Crippen molar-refractivity contribution in [1.29, 1.82) is 0 Å². The minimum Gasteiger partial charge on any atom is -0.505 e. The number of azo groups is 1. The van der Waals surface area contributed by atoms with Gasteiger partial charge >= 0.3 is 0 Å². The molecule has 0 atom stereocenters. The molecule has 0 spiro atoms. The molecule has 0 radical (unpaired) electrons. The lowest BCUT2D eigenvalue weighted by Gasteiger charge is -2.10. The molecule has 0 bridgehead atoms. The van der Waals surface area contributed by atoms with E-state index in [1.54, 1.807) is 19.1 Å². The number of nitrogens with one attached hydrogen (secondary N) is 1. The largest absolute Gasteiger partial charge is 0.505 e. The van der Waals surface area contributed by atoms with Crippen molar-refractivity contribution in [3.63, 3.8) is 0 Å². The Balaban J connectivity index is 2.19. The van der Waals surface area contributed by atoms with E-state index in [4.69, 9.17) is 4.84 Å². The van der Waals surface area contributed by atoms with E-state index in [0.717, 1.165) is 12.1 Å². The Morgan fingerprint density at radius 1 is 0.939 bits per heavy atom. The highest BCUT2D eigenvalue weighted by Crippen LogP contribution is 2.42. The number of hydrogen-bond acceptors (Lipinski definition) is 9. The van der Waals surface area contributed by atoms with Crippen LogP contribution in [-0.2, 0) is 25.1 Å². The maximum Gasteiger partial charge on any atom is 0.296 e. The molecule has 0 fully saturated rings. The van der Waals surface area contributed by atoms with Crippen LogP contribution in [0.2, 0.25) is 0 Å². The molecule has 0 saturated carbocycles. The normalized spacial score (nSPS) is 12.7. The second kappa shape index (κ2) is 9.25. The molecule has 11 nitrogen and oxygen atoms in total. The van der Waals surface area contributed by atoms with Crippen LogP contribution in [0.15, 0.2) is 68.6 Å². The molecule has 3 rings (SSSR count). The number of nitrogens with zero attached hydrogens (tertiary/aromatic N) is 2. The van der Waals surface area contributed by atoms with Crippen LogP contribution in [0.4, 0.5) is 17.1 Å². The highest BCUT2D eigenvalue weighted by Gasteiger charge is 2.22. The Hall–Kier alpha value is -3.36. The Kier molecular flexibility index (Phi) is 6.81. The average Bonchev–Trinajstić information content (AvgIpc) is 2.72. The quantitative estimate of drug-likeness (QED) is 0.210. The standard InChI is InChI=1S/C20H19N3O8S2/c1-3-4-12-5-6-14(11-17(12)32(25,26)27)21-22-19-18(33(28,29)30)10-13-9-15(23-31-2)7-8-16(13)20(19)24/h3-11,23-24H,1-2H3,(H,25,26,27)(H,28,29,30). The van der Waals surface area contributed by atoms with Crippen molar-refractivity contribution >= 4 is 54.1 Å². The molecule has 3 aromatic rings. The Morgan fingerprint density at radius 2 is 1.64 bits per heavy atom. The maximum atomic E-state index is 12.0. The SMILES string of the molecule is CC=Cc1ccc(N=Nc2c(S(=O)(=O)O)cc3cc(NOC)ccc3c2O)cc1S(=O)(=O)O. The number of phenolic OH excluding ortho intramolecular Hbond substituents is 1. The van der Waals surface area contributed by atoms with Gasteiger partial charge in [-0.15, -0.1) is 5.11 Å². The van der Waals surface area contributed by atoms with Crippen LogP contribution in [0.5, 0.6) is 5.75 Å². The number of allylic oxidation sites excluding steroid dienone is 1. The van der Waals surface area contributed by atoms with Crippen LogP contribution < -0.4 is 5.48 Å². The summed E-state index contributed by atoms with van der Waals surface area (Å²) in [5.41, 5.74) is 2.61. The van der Waals surface area contributed by atoms with E-state index >= 15 is 0 Å². The number of aromatic hydroxyl groups is 1. The fourth-order valence-electron chi connectivity index (χ4n) is 3.06. The monoisotopic (exact) mass is 493 g/mol. The van der Waals surface area contributed by atoms with Gasteiger partial charge in [-0.3, -0.25) is 19.4 Å². The molecule has 0 heterocycles. The number of fused-ring (bicyclic) bond motifs is 1. The van der Waals surface area contributed by atoms with Crippen LogP contribution in [0.25, 0.3) is 16.8 Å². The van der Waals surface area contributed by atoms with Crippen molar-refractivity contribution in [2.45, 2.75) is 16.7 Å². The summed E-state index contributed by atoms with van der Waals surface area (Å²) in [5.74, 6) is -0.576. The van der Waals surface area contributed by atoms with E-state index in [9.17, 15) is 31.0 Å². The molecule has 3 aromatic carbocycles. The highest BCUT2D eigenvalue weighted by molar-refractivity contribution is 7.86. The van der Waals surface area contributed by atoms with Gasteiger partial charge < -0.3 is 5.11 Å². The lowest BCUT2D eigenvalue weighted by Crippen LogP contribution is -2.00. The molecule has 0 amide bonds. The molecule has 4 N–H and O–H groups in total. The van der Waals surface area contributed by atoms with Crippen LogP contribution in [-0.4, -0.2) is 38.2 Å². The van der Waals surface area contributed by atoms with Gasteiger partial charge in [-0.05, 0) is 54.3 Å². The summed E-state index contributed by atoms with van der Waals surface area (Å²) in [6.45, 7) is 1.66. The molecule has 174 valence electrons. The molecule has 33 heavy (non-hydrogen) atoms. The predicted octanol–water partition coefficient (Wildman–Crippen LogP) is 4.46. The van der Waals surface area contributed by atoms with E-state index in [-0.39, 0.29) is 22.0 Å². The van der Waals surface area contributed by atoms with Gasteiger partial charge in [0.2, 0.25) is 0 Å². The zero-order chi connectivity index (χ0) is 24.4. The van der Waals surface area contributed by atoms with Gasteiger partial charge in [0.25, 0.3) is 20.2 Å². The van der Waals surface area contributed by atoms with E-state index in [0.29, 0.717) is 5.69 Å². The molecule has 0 unspecified atom stereocenters. The lowest BCUT2D eigenvalue weighted by molar-refractivity contribution is 0.271. The van der Waals surface area contributed by atoms with Crippen LogP contribution in [0.3, 0.4) is 0 Å². The van der Waals surface area contributed by atoms with Gasteiger partial charge in [-0.1, -0.05) is 18.2 Å². The molecule has 0 aromatic heterocycles. The van der Waals surface area contributed by atoms with Crippen molar-refractivity contribution in [3.05, 3.63) is 54.1 Å². The molecule has 0 aliphatic carbocycles. The van der Waals surface area contributed by atoms with Crippen molar-refractivity contribution in [2.75, 3.05) is 12.6 Å². The number of phenols is 1. The summed E-state index contributed by atoms with van der Waals surface area (Å²) in [6, 6.07) is 9.37. The first-order chi connectivity index (χ1) is 15.5. The zero-order valence-corrected chi connectivity index (χ0v) is 18.9. The van der Waals surface area contributed by atoms with Crippen molar-refractivity contribution in [3.8, 4) is 5.75 Å². The van der Waals surface area contributed by atoms with E-state index in [1.807, 2.05) is 0 Å². The lowest BCUT2D eigenvalue weighted by atomic mass is 10.1. The van der Waals surface area contributed by atoms with Crippen LogP contribution in [0, 0.1) is 0 Å². The van der Waals surface area contributed by atoms with Gasteiger partial charge in [0, 0.05) is 5.39 Å². The third kappa shape index (κ3) is 5.35. The molecule has 0 aliphatic rings. The number of benzene rings is 3. The van der Waals surface area contributed by atoms with Crippen molar-refractivity contribution in [2.24, 2.45) is 10.2 Å². The highest BCUT2D eigenvalue weighted by atomic mass is 32.2. The molecular weight excluding hydrogens is 474 g/mol. The van der Waals surface area contributed by atoms with Crippen molar-refractivity contribution in [1.82, 2.24) is 0 Å². The Bertz CT molecular complexity index is 1500. The minimum atomic E-state index is -4.83. The van der Waals surface area contributed by atoms with Gasteiger partial charge in [0.15, 0.2) is 5.75 Å². The fraction of sp³-hybridized carbons (Fsp3) is 0.100. The molecule has 0 saturated heterocycles. The third-order valence-corrected chi connectivity index (χ3v) is 6.21. The summed E-state index contributed by atoms with van der Waals surface area (Å²) in [6.07, 6.45) is 3.03. The van der Waals surface area contributed by atoms with Crippen LogP contribution >= 0.6 is 0 Å². The summed E-state index contributed by atoms with van der Waals surface area (Å²) < 4.78 is 66.5. The second-order valence-electron chi connectivity index (χ2n) is 6.69. The number of anilines is 1. The topological polar surface area (TPSA) is 175 Å². The van der Waals surface area contributed by atoms with Gasteiger partial charge in [0.1, 0.15) is 15.5 Å². The maximum absolute atomic E-state index is 12.0. The van der Waals surface area contributed by atoms with Gasteiger partial charge in [-0.25, -0.2) is 0 Å². The first-order valence-corrected chi connectivity index (χ1v) is 12.1. The predicted molar refractivity (Wildman–Crippen MR) is 121 cm³/mol. The summed E-state index contributed by atoms with van der Waals surface area (Å²) in [5, 5.41) is 18.7. The number of rotatable bonds is 7. The zero-order valence-electron chi connectivity index (χ0n) is 17.3. The van der Waals surface area contributed by atoms with Gasteiger partial charge in [0.05, 0.1) is 18.5 Å². The van der Waals surface area contributed by atoms with Gasteiger partial charge in [-0.2, -0.15) is 21.9 Å². The third-order valence-electron chi connectivity index (χ3n) is 4.44. The minimum absolute atomic E-state index is 0.0590. The first kappa shape index (κ1) is 24.3. The summed E-state index contributed by atoms with van der Waals surface area (Å²) in [7, 11) is -8.04. The van der Waals surface area contributed by atoms with E-state index in [1.165, 1.54) is 37.5 Å². The average molecular weight is 494 g/mol. The summed E-state index contributed by atoms with van der Waals surface area (Å²) in [4.78, 5) is 3.64. The Morgan fingerprint density at radius 3 is 2.24 bits per heavy atom. The molecular formula is C20H19N3O8S2. The van der Waals surface area contributed by atoms with Crippen LogP contribution in [0.1, 0.15) is 12.5 Å².